The van der Waals surface area contributed by atoms with Crippen LogP contribution in [0.3, 0.4) is 0 Å². The number of likely N-dealkylation sites (tertiary alicyclic amines) is 2. The number of nitrogens with zero attached hydrogens (tertiary/aromatic N) is 2. The van der Waals surface area contributed by atoms with Crippen LogP contribution in [0.4, 0.5) is 0 Å². The smallest absolute Gasteiger partial charge is 0.226 e. The molecule has 0 saturated carbocycles. The van der Waals surface area contributed by atoms with E-state index in [0.717, 1.165) is 58.4 Å². The zero-order chi connectivity index (χ0) is 16.1. The topological polar surface area (TPSA) is 43.8 Å². The molecule has 0 radical (unpaired) electrons. The molecular weight excluding hydrogens is 288 g/mol. The van der Waals surface area contributed by atoms with Crippen LogP contribution in [-0.2, 0) is 11.3 Å². The third kappa shape index (κ3) is 4.33. The van der Waals surface area contributed by atoms with E-state index in [4.69, 9.17) is 0 Å². The lowest BCUT2D eigenvalue weighted by atomic mass is 9.93. The maximum absolute atomic E-state index is 12.8. The number of carbonyl (C=O) groups excluding carboxylic acids is 1. The van der Waals surface area contributed by atoms with Crippen LogP contribution in [0.2, 0.25) is 0 Å². The molecule has 1 amide bonds. The number of aliphatic hydroxyl groups excluding tert-OH is 1. The highest BCUT2D eigenvalue weighted by atomic mass is 16.3. The molecule has 0 bridgehead atoms. The molecule has 1 aromatic rings. The first kappa shape index (κ1) is 16.5. The number of hydrogen-bond acceptors (Lipinski definition) is 3. The Bertz CT molecular complexity index is 505. The fraction of sp³-hybridized carbons (Fsp3) is 0.632. The van der Waals surface area contributed by atoms with Crippen LogP contribution in [0.5, 0.6) is 0 Å². The number of amides is 1. The van der Waals surface area contributed by atoms with Gasteiger partial charge in [0, 0.05) is 32.8 Å². The summed E-state index contributed by atoms with van der Waals surface area (Å²) in [6.07, 6.45) is 4.17. The van der Waals surface area contributed by atoms with Gasteiger partial charge in [-0.1, -0.05) is 30.3 Å². The van der Waals surface area contributed by atoms with Crippen molar-refractivity contribution in [2.45, 2.75) is 32.2 Å². The quantitative estimate of drug-likeness (QED) is 0.925. The van der Waals surface area contributed by atoms with Crippen LogP contribution in [-0.4, -0.2) is 53.6 Å². The van der Waals surface area contributed by atoms with Crippen LogP contribution in [0.15, 0.2) is 30.3 Å². The van der Waals surface area contributed by atoms with Gasteiger partial charge >= 0.3 is 0 Å². The Balaban J connectivity index is 1.56. The van der Waals surface area contributed by atoms with Gasteiger partial charge in [0.15, 0.2) is 0 Å². The summed E-state index contributed by atoms with van der Waals surface area (Å²) in [6.45, 7) is 4.69. The van der Waals surface area contributed by atoms with Crippen molar-refractivity contribution in [3.63, 3.8) is 0 Å². The summed E-state index contributed by atoms with van der Waals surface area (Å²) in [5.74, 6) is 0.711. The Labute approximate surface area is 139 Å². The first-order valence-corrected chi connectivity index (χ1v) is 8.92. The molecular formula is C19H28N2O2. The van der Waals surface area contributed by atoms with Crippen molar-refractivity contribution in [1.82, 2.24) is 9.80 Å². The second kappa shape index (κ2) is 7.93. The zero-order valence-electron chi connectivity index (χ0n) is 13.9. The van der Waals surface area contributed by atoms with Gasteiger partial charge < -0.3 is 10.0 Å². The SMILES string of the molecule is O=C(C1CCCN(Cc2ccccc2)C1)N1CCCC(CO)C1. The van der Waals surface area contributed by atoms with Crippen LogP contribution in [0, 0.1) is 11.8 Å². The Morgan fingerprint density at radius 3 is 2.65 bits per heavy atom. The summed E-state index contributed by atoms with van der Waals surface area (Å²) in [5, 5.41) is 9.36. The largest absolute Gasteiger partial charge is 0.396 e. The van der Waals surface area contributed by atoms with Gasteiger partial charge in [0.1, 0.15) is 0 Å². The molecule has 2 unspecified atom stereocenters. The van der Waals surface area contributed by atoms with E-state index in [9.17, 15) is 9.90 Å². The fourth-order valence-electron chi connectivity index (χ4n) is 3.91. The molecule has 2 saturated heterocycles. The molecule has 2 heterocycles. The third-order valence-electron chi connectivity index (χ3n) is 5.19. The molecule has 23 heavy (non-hydrogen) atoms. The molecule has 2 aliphatic heterocycles. The lowest BCUT2D eigenvalue weighted by molar-refractivity contribution is -0.139. The average molecular weight is 316 g/mol. The van der Waals surface area contributed by atoms with Crippen molar-refractivity contribution in [2.75, 3.05) is 32.8 Å². The highest BCUT2D eigenvalue weighted by Gasteiger charge is 2.31. The standard InChI is InChI=1S/C19H28N2O2/c22-15-17-8-4-11-21(13-17)19(23)18-9-5-10-20(14-18)12-16-6-2-1-3-7-16/h1-3,6-7,17-18,22H,4-5,8-15H2. The van der Waals surface area contributed by atoms with Crippen molar-refractivity contribution >= 4 is 5.91 Å². The van der Waals surface area contributed by atoms with Crippen molar-refractivity contribution < 1.29 is 9.90 Å². The van der Waals surface area contributed by atoms with Crippen LogP contribution >= 0.6 is 0 Å². The summed E-state index contributed by atoms with van der Waals surface area (Å²) in [6, 6.07) is 10.5. The average Bonchev–Trinajstić information content (AvgIpc) is 2.62. The van der Waals surface area contributed by atoms with E-state index in [-0.39, 0.29) is 18.4 Å². The maximum atomic E-state index is 12.8. The predicted molar refractivity (Wildman–Crippen MR) is 90.8 cm³/mol. The minimum atomic E-state index is 0.130. The van der Waals surface area contributed by atoms with E-state index >= 15 is 0 Å². The molecule has 2 fully saturated rings. The Morgan fingerprint density at radius 1 is 1.09 bits per heavy atom. The van der Waals surface area contributed by atoms with Crippen LogP contribution in [0.1, 0.15) is 31.2 Å². The van der Waals surface area contributed by atoms with Crippen molar-refractivity contribution in [2.24, 2.45) is 11.8 Å². The summed E-state index contributed by atoms with van der Waals surface area (Å²) < 4.78 is 0. The monoisotopic (exact) mass is 316 g/mol. The highest BCUT2D eigenvalue weighted by Crippen LogP contribution is 2.24. The highest BCUT2D eigenvalue weighted by molar-refractivity contribution is 5.79. The fourth-order valence-corrected chi connectivity index (χ4v) is 3.91. The molecule has 0 aliphatic carbocycles. The summed E-state index contributed by atoms with van der Waals surface area (Å²) in [5.41, 5.74) is 1.32. The molecule has 1 N–H and O–H groups in total. The van der Waals surface area contributed by atoms with Crippen molar-refractivity contribution in [3.8, 4) is 0 Å². The second-order valence-electron chi connectivity index (χ2n) is 7.03. The van der Waals surface area contributed by atoms with Gasteiger partial charge in [-0.15, -0.1) is 0 Å². The molecule has 3 rings (SSSR count). The molecule has 2 aliphatic rings. The van der Waals surface area contributed by atoms with E-state index < -0.39 is 0 Å². The lowest BCUT2D eigenvalue weighted by Crippen LogP contribution is -2.48. The van der Waals surface area contributed by atoms with Crippen LogP contribution in [0.25, 0.3) is 0 Å². The Hall–Kier alpha value is -1.39. The predicted octanol–water partition coefficient (Wildman–Crippen LogP) is 2.13. The number of hydrogen-bond donors (Lipinski definition) is 1. The minimum absolute atomic E-state index is 0.130. The van der Waals surface area contributed by atoms with Gasteiger partial charge in [0.25, 0.3) is 0 Å². The third-order valence-corrected chi connectivity index (χ3v) is 5.19. The van der Waals surface area contributed by atoms with E-state index in [1.165, 1.54) is 5.56 Å². The van der Waals surface area contributed by atoms with Crippen molar-refractivity contribution in [1.29, 1.82) is 0 Å². The molecule has 0 aromatic heterocycles. The molecule has 0 spiro atoms. The van der Waals surface area contributed by atoms with Crippen molar-refractivity contribution in [3.05, 3.63) is 35.9 Å². The second-order valence-corrected chi connectivity index (χ2v) is 7.03. The number of rotatable bonds is 4. The van der Waals surface area contributed by atoms with Gasteiger partial charge in [-0.05, 0) is 43.7 Å². The first-order chi connectivity index (χ1) is 11.3. The van der Waals surface area contributed by atoms with Crippen LogP contribution < -0.4 is 0 Å². The number of benzene rings is 1. The van der Waals surface area contributed by atoms with Gasteiger partial charge in [0.2, 0.25) is 5.91 Å². The zero-order valence-corrected chi connectivity index (χ0v) is 13.9. The van der Waals surface area contributed by atoms with E-state index in [1.807, 2.05) is 11.0 Å². The van der Waals surface area contributed by atoms with Gasteiger partial charge in [-0.25, -0.2) is 0 Å². The summed E-state index contributed by atoms with van der Waals surface area (Å²) in [4.78, 5) is 17.2. The lowest BCUT2D eigenvalue weighted by Gasteiger charge is -2.38. The van der Waals surface area contributed by atoms with E-state index in [0.29, 0.717) is 5.91 Å². The van der Waals surface area contributed by atoms with Gasteiger partial charge in [0.05, 0.1) is 5.92 Å². The number of aliphatic hydroxyl groups is 1. The summed E-state index contributed by atoms with van der Waals surface area (Å²) >= 11 is 0. The molecule has 1 aromatic carbocycles. The van der Waals surface area contributed by atoms with E-state index in [1.54, 1.807) is 0 Å². The Morgan fingerprint density at radius 2 is 1.87 bits per heavy atom. The maximum Gasteiger partial charge on any atom is 0.226 e. The molecule has 4 heteroatoms. The summed E-state index contributed by atoms with van der Waals surface area (Å²) in [7, 11) is 0. The molecule has 126 valence electrons. The number of carbonyl (C=O) groups is 1. The number of piperidine rings is 2. The Kier molecular flexibility index (Phi) is 5.68. The minimum Gasteiger partial charge on any atom is -0.396 e. The normalized spacial score (nSPS) is 26.2. The van der Waals surface area contributed by atoms with Gasteiger partial charge in [-0.2, -0.15) is 0 Å². The molecule has 4 nitrogen and oxygen atoms in total. The molecule has 2 atom stereocenters. The van der Waals surface area contributed by atoms with E-state index in [2.05, 4.69) is 29.2 Å². The first-order valence-electron chi connectivity index (χ1n) is 8.92. The van der Waals surface area contributed by atoms with Gasteiger partial charge in [-0.3, -0.25) is 9.69 Å².